The zero-order chi connectivity index (χ0) is 52.8. The molecule has 0 atom stereocenters. The lowest BCUT2D eigenvalue weighted by Gasteiger charge is -2.35. The Balaban J connectivity index is 0.000000196. The summed E-state index contributed by atoms with van der Waals surface area (Å²) in [6, 6.07) is 15.2. The molecule has 0 bridgehead atoms. The van der Waals surface area contributed by atoms with Crippen LogP contribution >= 0.6 is 0 Å². The van der Waals surface area contributed by atoms with Gasteiger partial charge in [0.15, 0.2) is 11.6 Å². The highest BCUT2D eigenvalue weighted by molar-refractivity contribution is 7.90. The summed E-state index contributed by atoms with van der Waals surface area (Å²) in [5, 5.41) is 4.61. The predicted octanol–water partition coefficient (Wildman–Crippen LogP) is 6.74. The maximum atomic E-state index is 14.9. The first-order valence-electron chi connectivity index (χ1n) is 22.7. The summed E-state index contributed by atoms with van der Waals surface area (Å²) in [6.45, 7) is 6.43. The number of fused-ring (bicyclic) bond motifs is 2. The van der Waals surface area contributed by atoms with Crippen molar-refractivity contribution in [2.24, 2.45) is 0 Å². The fourth-order valence-electron chi connectivity index (χ4n) is 8.40. The van der Waals surface area contributed by atoms with Crippen LogP contribution in [0.25, 0.3) is 22.5 Å². The number of rotatable bonds is 8. The molecule has 0 aliphatic carbocycles. The summed E-state index contributed by atoms with van der Waals surface area (Å²) in [5.74, 6) is -4.11. The summed E-state index contributed by atoms with van der Waals surface area (Å²) in [5.41, 5.74) is 3.52. The molecule has 6 aromatic rings. The molecular formula is C50H50F4N12O6S. The lowest BCUT2D eigenvalue weighted by Crippen LogP contribution is -2.46. The number of nitrogens with one attached hydrogen (secondary N) is 2. The molecule has 23 heteroatoms. The molecule has 0 radical (unpaired) electrons. The largest absolute Gasteiger partial charge is 0.345 e. The highest BCUT2D eigenvalue weighted by Gasteiger charge is 2.37. The Morgan fingerprint density at radius 3 is 1.42 bits per heavy atom. The number of para-hydroxylation sites is 2. The highest BCUT2D eigenvalue weighted by atomic mass is 32.2. The Bertz CT molecular complexity index is 3310. The van der Waals surface area contributed by atoms with Gasteiger partial charge in [-0.05, 0) is 80.6 Å². The van der Waals surface area contributed by atoms with E-state index in [1.807, 2.05) is 24.9 Å². The Hall–Kier alpha value is -8.05. The van der Waals surface area contributed by atoms with Crippen molar-refractivity contribution in [1.29, 1.82) is 0 Å². The molecule has 18 nitrogen and oxygen atoms in total. The maximum absolute atomic E-state index is 14.9. The zero-order valence-electron chi connectivity index (χ0n) is 41.0. The fraction of sp³-hybridized carbons (Fsp3) is 0.280. The van der Waals surface area contributed by atoms with Gasteiger partial charge in [-0.15, -0.1) is 0 Å². The molecule has 1 saturated heterocycles. The molecule has 0 unspecified atom stereocenters. The number of hydrogen-bond acceptors (Lipinski definition) is 12. The van der Waals surface area contributed by atoms with Crippen molar-refractivity contribution in [2.75, 3.05) is 82.4 Å². The van der Waals surface area contributed by atoms with E-state index in [-0.39, 0.29) is 47.8 Å². The first-order chi connectivity index (χ1) is 34.5. The second-order valence-electron chi connectivity index (χ2n) is 18.0. The molecule has 3 aliphatic rings. The van der Waals surface area contributed by atoms with E-state index in [9.17, 15) is 45.2 Å². The molecule has 2 N–H and O–H groups in total. The number of likely N-dealkylation sites (N-methyl/N-ethyl adjacent to an activating group) is 1. The van der Waals surface area contributed by atoms with Crippen molar-refractivity contribution in [3.05, 3.63) is 129 Å². The van der Waals surface area contributed by atoms with Crippen LogP contribution in [0.5, 0.6) is 0 Å². The van der Waals surface area contributed by atoms with Crippen LogP contribution in [0.3, 0.4) is 0 Å². The lowest BCUT2D eigenvalue weighted by molar-refractivity contribution is 0.0820. The molecule has 6 amide bonds. The van der Waals surface area contributed by atoms with E-state index in [4.69, 9.17) is 9.97 Å². The molecule has 9 rings (SSSR count). The van der Waals surface area contributed by atoms with Gasteiger partial charge in [-0.3, -0.25) is 9.59 Å². The summed E-state index contributed by atoms with van der Waals surface area (Å²) in [4.78, 5) is 77.7. The second-order valence-corrected chi connectivity index (χ2v) is 19.9. The van der Waals surface area contributed by atoms with Crippen molar-refractivity contribution in [3.8, 4) is 22.5 Å². The summed E-state index contributed by atoms with van der Waals surface area (Å²) in [7, 11) is 4.56. The van der Waals surface area contributed by atoms with Gasteiger partial charge in [0.25, 0.3) is 11.8 Å². The smallest absolute Gasteiger partial charge is 0.328 e. The van der Waals surface area contributed by atoms with Gasteiger partial charge >= 0.3 is 12.1 Å². The average molecular weight is 1020 g/mol. The van der Waals surface area contributed by atoms with Gasteiger partial charge in [-0.25, -0.2) is 55.3 Å². The molecule has 0 saturated carbocycles. The topological polar surface area (TPSA) is 197 Å². The summed E-state index contributed by atoms with van der Waals surface area (Å²) in [6.07, 6.45) is 0.883. The van der Waals surface area contributed by atoms with Crippen molar-refractivity contribution in [3.63, 3.8) is 0 Å². The number of sulfone groups is 1. The monoisotopic (exact) mass is 1020 g/mol. The Labute approximate surface area is 418 Å². The highest BCUT2D eigenvalue weighted by Crippen LogP contribution is 2.42. The Morgan fingerprint density at radius 2 is 1.01 bits per heavy atom. The summed E-state index contributed by atoms with van der Waals surface area (Å²) >= 11 is 0. The van der Waals surface area contributed by atoms with Gasteiger partial charge in [-0.2, -0.15) is 9.97 Å². The standard InChI is InChI=1S/C27H29F2N7O2.C23H21F2N5O4S/c1-16-8-9-17(25(37)33(2)3)14-18(16)22-19-15-30-27(38)36(23-20(28)6-5-7-21(23)29)24(19)32-26(31-22)35-12-10-34(4)11-13-35;1-12-8-9-13(21(31)29(2)3)10-14(12)18-15-11-26-23(32)30(19-16(24)6-5-7-17(19)25)20(15)28-22(27-18)35(4,33)34/h5-9,14H,10-13,15H2,1-4H3,(H,30,38);5-10H,11H2,1-4H3,(H,26,32). The molecule has 5 heterocycles. The SMILES string of the molecule is Cc1ccc(C(=O)N(C)C)cc1-c1nc(N2CCN(C)CC2)nc2c1CNC(=O)N2c1c(F)cccc1F.Cc1ccc(C(=O)N(C)C)cc1-c1nc(S(C)(=O)=O)nc2c1CNC(=O)N2c1c(F)cccc1F. The number of carbonyl (C=O) groups is 4. The van der Waals surface area contributed by atoms with Crippen LogP contribution in [0.15, 0.2) is 78.0 Å². The minimum absolute atomic E-state index is 0.0599. The lowest BCUT2D eigenvalue weighted by atomic mass is 9.97. The molecule has 0 spiro atoms. The fourth-order valence-corrected chi connectivity index (χ4v) is 8.91. The maximum Gasteiger partial charge on any atom is 0.328 e. The van der Waals surface area contributed by atoms with Crippen LogP contribution in [0.4, 0.5) is 56.1 Å². The van der Waals surface area contributed by atoms with Crippen molar-refractivity contribution in [2.45, 2.75) is 32.1 Å². The molecule has 2 aromatic heterocycles. The summed E-state index contributed by atoms with van der Waals surface area (Å²) < 4.78 is 84.2. The predicted molar refractivity (Wildman–Crippen MR) is 265 cm³/mol. The number of benzene rings is 4. The number of aromatic nitrogens is 4. The van der Waals surface area contributed by atoms with Crippen LogP contribution in [0.1, 0.15) is 43.0 Å². The average Bonchev–Trinajstić information content (AvgIpc) is 3.34. The third-order valence-electron chi connectivity index (χ3n) is 12.3. The van der Waals surface area contributed by atoms with E-state index in [0.717, 1.165) is 60.1 Å². The van der Waals surface area contributed by atoms with Gasteiger partial charge in [-0.1, -0.05) is 24.3 Å². The molecule has 73 heavy (non-hydrogen) atoms. The minimum atomic E-state index is -4.01. The van der Waals surface area contributed by atoms with Gasteiger partial charge in [0.1, 0.15) is 34.6 Å². The Kier molecular flexibility index (Phi) is 14.2. The van der Waals surface area contributed by atoms with E-state index in [0.29, 0.717) is 63.0 Å². The van der Waals surface area contributed by atoms with Gasteiger partial charge < -0.3 is 30.2 Å². The van der Waals surface area contributed by atoms with E-state index in [1.165, 1.54) is 15.9 Å². The van der Waals surface area contributed by atoms with Gasteiger partial charge in [0.05, 0.1) is 24.5 Å². The number of aryl methyl sites for hydroxylation is 2. The van der Waals surface area contributed by atoms with E-state index in [2.05, 4.69) is 25.5 Å². The molecule has 1 fully saturated rings. The number of urea groups is 2. The quantitative estimate of drug-likeness (QED) is 0.121. The number of nitrogens with zero attached hydrogens (tertiary/aromatic N) is 10. The van der Waals surface area contributed by atoms with Crippen LogP contribution in [-0.4, -0.2) is 135 Å². The van der Waals surface area contributed by atoms with Crippen LogP contribution < -0.4 is 25.3 Å². The van der Waals surface area contributed by atoms with Crippen LogP contribution in [0, 0.1) is 37.1 Å². The first-order valence-corrected chi connectivity index (χ1v) is 24.6. The number of hydrogen-bond donors (Lipinski definition) is 2. The Morgan fingerprint density at radius 1 is 0.603 bits per heavy atom. The normalized spacial score (nSPS) is 14.6. The molecule has 380 valence electrons. The third kappa shape index (κ3) is 10.1. The number of piperazine rings is 1. The van der Waals surface area contributed by atoms with E-state index < -0.39 is 61.7 Å². The molecule has 3 aliphatic heterocycles. The van der Waals surface area contributed by atoms with E-state index in [1.54, 1.807) is 65.4 Å². The third-order valence-corrected chi connectivity index (χ3v) is 13.2. The van der Waals surface area contributed by atoms with Crippen LogP contribution in [-0.2, 0) is 22.9 Å². The minimum Gasteiger partial charge on any atom is -0.345 e. The van der Waals surface area contributed by atoms with Crippen molar-refractivity contribution < 1.29 is 45.2 Å². The number of anilines is 5. The molecule has 4 aromatic carbocycles. The first kappa shape index (κ1) is 51.3. The van der Waals surface area contributed by atoms with Crippen molar-refractivity contribution >= 4 is 62.7 Å². The van der Waals surface area contributed by atoms with Crippen LogP contribution in [0.2, 0.25) is 0 Å². The number of carbonyl (C=O) groups excluding carboxylic acids is 4. The zero-order valence-corrected chi connectivity index (χ0v) is 41.8. The van der Waals surface area contributed by atoms with E-state index >= 15 is 0 Å². The number of amides is 6. The van der Waals surface area contributed by atoms with Gasteiger partial charge in [0.2, 0.25) is 20.9 Å². The van der Waals surface area contributed by atoms with Crippen molar-refractivity contribution in [1.82, 2.24) is 45.3 Å². The van der Waals surface area contributed by atoms with Gasteiger partial charge in [0, 0.05) is 94.0 Å². The second kappa shape index (κ2) is 20.2. The number of halogens is 4. The molecular weight excluding hydrogens is 973 g/mol.